The van der Waals surface area contributed by atoms with Crippen LogP contribution < -0.4 is 15.6 Å². The van der Waals surface area contributed by atoms with Crippen LogP contribution in [0.1, 0.15) is 33.6 Å². The average Bonchev–Trinajstić information content (AvgIpc) is 2.80. The molecule has 2 aromatic rings. The lowest BCUT2D eigenvalue weighted by molar-refractivity contribution is 0.0595. The number of nitrogens with zero attached hydrogens (tertiary/aromatic N) is 2. The first-order valence-electron chi connectivity index (χ1n) is 10.9. The van der Waals surface area contributed by atoms with Gasteiger partial charge in [-0.15, -0.1) is 0 Å². The smallest absolute Gasteiger partial charge is 0.292 e. The van der Waals surface area contributed by atoms with E-state index in [1.165, 1.54) is 16.8 Å². The Balaban J connectivity index is 1.67. The third-order valence-electron chi connectivity index (χ3n) is 5.02. The van der Waals surface area contributed by atoms with Crippen molar-refractivity contribution in [2.45, 2.75) is 33.6 Å². The summed E-state index contributed by atoms with van der Waals surface area (Å²) in [4.78, 5) is 12.7. The molecule has 1 fully saturated rings. The molecule has 1 saturated heterocycles. The summed E-state index contributed by atoms with van der Waals surface area (Å²) < 4.78 is 26.1. The number of allylic oxidation sites excluding steroid dienone is 6. The molecule has 33 heavy (non-hydrogen) atoms. The van der Waals surface area contributed by atoms with Crippen molar-refractivity contribution in [3.05, 3.63) is 81.2 Å². The highest BCUT2D eigenvalue weighted by atomic mass is 35.5. The molecule has 0 unspecified atom stereocenters. The van der Waals surface area contributed by atoms with Crippen LogP contribution in [0.4, 0.5) is 10.1 Å². The molecule has 1 aliphatic rings. The van der Waals surface area contributed by atoms with E-state index in [9.17, 15) is 9.18 Å². The largest absolute Gasteiger partial charge is 0.462 e. The van der Waals surface area contributed by atoms with Gasteiger partial charge in [-0.05, 0) is 82.0 Å². The fraction of sp³-hybridized carbons (Fsp3) is 0.360. The second-order valence-corrected chi connectivity index (χ2v) is 8.58. The first-order valence-corrected chi connectivity index (χ1v) is 11.3. The number of hydrogen-bond acceptors (Lipinski definition) is 5. The SMILES string of the molecule is CC(C)=C/C(F)=C\C=C(/C)Oc1ccc(-n2ncc(NC[C@@H]3CCCOC3)c(Cl)c2=O)cc1. The lowest BCUT2D eigenvalue weighted by Gasteiger charge is -2.22. The standard InChI is InChI=1S/C25H29ClFN3O3/c1-17(2)13-20(27)7-6-18(3)33-22-10-8-21(9-11-22)30-25(31)24(26)23(15-29-30)28-14-19-5-4-12-32-16-19/h6-11,13,15,19,28H,4-5,12,14,16H2,1-3H3/b18-6+,20-7+/t19-/m0/s1. The highest BCUT2D eigenvalue weighted by Gasteiger charge is 2.16. The van der Waals surface area contributed by atoms with Gasteiger partial charge in [0.15, 0.2) is 0 Å². The van der Waals surface area contributed by atoms with Gasteiger partial charge in [-0.2, -0.15) is 9.78 Å². The van der Waals surface area contributed by atoms with Gasteiger partial charge in [-0.25, -0.2) is 4.39 Å². The molecule has 0 aliphatic carbocycles. The van der Waals surface area contributed by atoms with Crippen molar-refractivity contribution in [3.63, 3.8) is 0 Å². The Hall–Kier alpha value is -2.90. The molecule has 0 amide bonds. The number of anilines is 1. The van der Waals surface area contributed by atoms with E-state index in [2.05, 4.69) is 10.4 Å². The maximum atomic E-state index is 13.7. The second kappa shape index (κ2) is 11.8. The Bertz CT molecular complexity index is 1100. The Morgan fingerprint density at radius 3 is 2.73 bits per heavy atom. The third kappa shape index (κ3) is 7.30. The molecule has 0 spiro atoms. The minimum Gasteiger partial charge on any atom is -0.462 e. The van der Waals surface area contributed by atoms with Gasteiger partial charge in [0, 0.05) is 13.2 Å². The van der Waals surface area contributed by atoms with Gasteiger partial charge in [0.1, 0.15) is 22.4 Å². The van der Waals surface area contributed by atoms with Gasteiger partial charge in [0.25, 0.3) is 5.56 Å². The van der Waals surface area contributed by atoms with Crippen LogP contribution in [-0.4, -0.2) is 29.5 Å². The van der Waals surface area contributed by atoms with Crippen LogP contribution >= 0.6 is 11.6 Å². The predicted molar refractivity (Wildman–Crippen MR) is 130 cm³/mol. The minimum atomic E-state index is -0.411. The molecule has 6 nitrogen and oxygen atoms in total. The highest BCUT2D eigenvalue weighted by Crippen LogP contribution is 2.21. The third-order valence-corrected chi connectivity index (χ3v) is 5.38. The molecule has 0 radical (unpaired) electrons. The number of ether oxygens (including phenoxy) is 2. The Labute approximate surface area is 198 Å². The van der Waals surface area contributed by atoms with Crippen LogP contribution in [-0.2, 0) is 4.74 Å². The summed E-state index contributed by atoms with van der Waals surface area (Å²) >= 11 is 6.32. The van der Waals surface area contributed by atoms with Crippen molar-refractivity contribution in [2.24, 2.45) is 5.92 Å². The van der Waals surface area contributed by atoms with Crippen LogP contribution in [0.5, 0.6) is 5.75 Å². The van der Waals surface area contributed by atoms with Crippen molar-refractivity contribution < 1.29 is 13.9 Å². The van der Waals surface area contributed by atoms with E-state index in [-0.39, 0.29) is 10.8 Å². The Morgan fingerprint density at radius 1 is 1.30 bits per heavy atom. The maximum absolute atomic E-state index is 13.7. The van der Waals surface area contributed by atoms with Gasteiger partial charge in [-0.3, -0.25) is 4.79 Å². The number of rotatable bonds is 8. The van der Waals surface area contributed by atoms with Crippen molar-refractivity contribution in [1.29, 1.82) is 0 Å². The topological polar surface area (TPSA) is 65.4 Å². The van der Waals surface area contributed by atoms with Crippen molar-refractivity contribution in [3.8, 4) is 11.4 Å². The van der Waals surface area contributed by atoms with Crippen LogP contribution in [0.3, 0.4) is 0 Å². The molecular formula is C25H29ClFN3O3. The normalized spacial score (nSPS) is 16.9. The first-order chi connectivity index (χ1) is 15.8. The van der Waals surface area contributed by atoms with Gasteiger partial charge < -0.3 is 14.8 Å². The van der Waals surface area contributed by atoms with Gasteiger partial charge >= 0.3 is 0 Å². The molecule has 0 bridgehead atoms. The number of aromatic nitrogens is 2. The van der Waals surface area contributed by atoms with Gasteiger partial charge in [0.2, 0.25) is 0 Å². The molecule has 1 N–H and O–H groups in total. The Kier molecular flexibility index (Phi) is 8.86. The minimum absolute atomic E-state index is 0.0889. The van der Waals surface area contributed by atoms with Crippen molar-refractivity contribution >= 4 is 17.3 Å². The van der Waals surface area contributed by atoms with E-state index in [0.29, 0.717) is 42.0 Å². The van der Waals surface area contributed by atoms with E-state index in [4.69, 9.17) is 21.1 Å². The molecule has 1 aromatic carbocycles. The zero-order valence-corrected chi connectivity index (χ0v) is 19.9. The summed E-state index contributed by atoms with van der Waals surface area (Å²) in [7, 11) is 0. The number of halogens is 2. The predicted octanol–water partition coefficient (Wildman–Crippen LogP) is 5.83. The molecule has 3 rings (SSSR count). The lowest BCUT2D eigenvalue weighted by atomic mass is 10.0. The number of benzene rings is 1. The molecule has 1 aliphatic heterocycles. The van der Waals surface area contributed by atoms with E-state index in [1.807, 2.05) is 13.8 Å². The maximum Gasteiger partial charge on any atom is 0.292 e. The van der Waals surface area contributed by atoms with Gasteiger partial charge in [0.05, 0.1) is 24.2 Å². The summed E-state index contributed by atoms with van der Waals surface area (Å²) in [6, 6.07) is 6.83. The Morgan fingerprint density at radius 2 is 2.06 bits per heavy atom. The van der Waals surface area contributed by atoms with Crippen molar-refractivity contribution in [1.82, 2.24) is 9.78 Å². The van der Waals surface area contributed by atoms with E-state index >= 15 is 0 Å². The van der Waals surface area contributed by atoms with Crippen LogP contribution in [0.2, 0.25) is 5.02 Å². The number of nitrogens with one attached hydrogen (secondary N) is 1. The fourth-order valence-corrected chi connectivity index (χ4v) is 3.55. The van der Waals surface area contributed by atoms with Crippen LogP contribution in [0.15, 0.2) is 70.6 Å². The quantitative estimate of drug-likeness (QED) is 0.386. The zero-order valence-electron chi connectivity index (χ0n) is 19.1. The summed E-state index contributed by atoms with van der Waals surface area (Å²) in [5, 5.41) is 7.56. The monoisotopic (exact) mass is 473 g/mol. The van der Waals surface area contributed by atoms with Crippen LogP contribution in [0.25, 0.3) is 5.69 Å². The van der Waals surface area contributed by atoms with E-state index in [1.54, 1.807) is 43.5 Å². The number of hydrogen-bond donors (Lipinski definition) is 1. The first kappa shape index (κ1) is 24.7. The molecule has 2 heterocycles. The average molecular weight is 474 g/mol. The lowest BCUT2D eigenvalue weighted by Crippen LogP contribution is -2.26. The summed E-state index contributed by atoms with van der Waals surface area (Å²) in [6.07, 6.45) is 8.02. The van der Waals surface area contributed by atoms with E-state index < -0.39 is 5.56 Å². The summed E-state index contributed by atoms with van der Waals surface area (Å²) in [6.45, 7) is 7.58. The van der Waals surface area contributed by atoms with Crippen molar-refractivity contribution in [2.75, 3.05) is 25.1 Å². The summed E-state index contributed by atoms with van der Waals surface area (Å²) in [5.41, 5.74) is 1.53. The van der Waals surface area contributed by atoms with Crippen LogP contribution in [0, 0.1) is 5.92 Å². The molecule has 1 aromatic heterocycles. The van der Waals surface area contributed by atoms with Gasteiger partial charge in [-0.1, -0.05) is 17.2 Å². The highest BCUT2D eigenvalue weighted by molar-refractivity contribution is 6.32. The molecule has 1 atom stereocenters. The molecule has 8 heteroatoms. The summed E-state index contributed by atoms with van der Waals surface area (Å²) in [5.74, 6) is 1.12. The zero-order chi connectivity index (χ0) is 23.8. The second-order valence-electron chi connectivity index (χ2n) is 8.20. The molecular weight excluding hydrogens is 445 g/mol. The molecule has 0 saturated carbocycles. The fourth-order valence-electron chi connectivity index (χ4n) is 3.36. The van der Waals surface area contributed by atoms with E-state index in [0.717, 1.165) is 25.0 Å². The molecule has 176 valence electrons.